The van der Waals surface area contributed by atoms with Gasteiger partial charge in [0.05, 0.1) is 42.9 Å². The van der Waals surface area contributed by atoms with E-state index in [0.29, 0.717) is 29.2 Å². The van der Waals surface area contributed by atoms with Crippen LogP contribution in [0.1, 0.15) is 28.2 Å². The van der Waals surface area contributed by atoms with Crippen molar-refractivity contribution in [3.8, 4) is 6.01 Å². The zero-order valence-electron chi connectivity index (χ0n) is 23.6. The lowest BCUT2D eigenvalue weighted by Crippen LogP contribution is -2.33. The molecule has 0 amide bonds. The maximum absolute atomic E-state index is 14.1. The van der Waals surface area contributed by atoms with Gasteiger partial charge in [0, 0.05) is 49.6 Å². The smallest absolute Gasteiger partial charge is 0.337 e. The van der Waals surface area contributed by atoms with E-state index in [1.54, 1.807) is 24.4 Å². The fourth-order valence-electron chi connectivity index (χ4n) is 5.87. The number of imidazole rings is 1. The third kappa shape index (κ3) is 5.67. The van der Waals surface area contributed by atoms with Gasteiger partial charge in [-0.05, 0) is 54.0 Å². The maximum Gasteiger partial charge on any atom is 0.337 e. The highest BCUT2D eigenvalue weighted by Gasteiger charge is 2.32. The summed E-state index contributed by atoms with van der Waals surface area (Å²) in [6.45, 7) is 5.39. The van der Waals surface area contributed by atoms with Gasteiger partial charge in [-0.3, -0.25) is 4.90 Å². The normalized spacial score (nSPS) is 18.3. The van der Waals surface area contributed by atoms with Gasteiger partial charge in [0.1, 0.15) is 24.1 Å². The monoisotopic (exact) mass is 604 g/mol. The molecule has 43 heavy (non-hydrogen) atoms. The zero-order valence-corrected chi connectivity index (χ0v) is 24.4. The SMILES string of the molecule is COC(=O)c1ccc2nc(CN3CC4=C(C3)CN(c3ccnc(OCc5ccc(Cl)cc5F)n3)C4)n(C[C@@H]3CCO3)c2c1. The van der Waals surface area contributed by atoms with Crippen LogP contribution < -0.4 is 9.64 Å². The Labute approximate surface area is 252 Å². The predicted octanol–water partition coefficient (Wildman–Crippen LogP) is 4.41. The zero-order chi connectivity index (χ0) is 29.5. The number of nitrogens with zero attached hydrogens (tertiary/aromatic N) is 6. The second-order valence-corrected chi connectivity index (χ2v) is 11.5. The number of hydrogen-bond acceptors (Lipinski definition) is 9. The highest BCUT2D eigenvalue weighted by atomic mass is 35.5. The first-order valence-electron chi connectivity index (χ1n) is 14.2. The summed E-state index contributed by atoms with van der Waals surface area (Å²) in [6.07, 6.45) is 2.83. The Bertz CT molecular complexity index is 1720. The molecule has 0 unspecified atom stereocenters. The van der Waals surface area contributed by atoms with Gasteiger partial charge in [0.25, 0.3) is 0 Å². The average Bonchev–Trinajstić information content (AvgIpc) is 3.65. The molecule has 10 nitrogen and oxygen atoms in total. The molecule has 7 rings (SSSR count). The lowest BCUT2D eigenvalue weighted by atomic mass is 10.1. The lowest BCUT2D eigenvalue weighted by Gasteiger charge is -2.28. The molecule has 3 aliphatic rings. The molecule has 0 saturated carbocycles. The first-order chi connectivity index (χ1) is 20.9. The highest BCUT2D eigenvalue weighted by Crippen LogP contribution is 2.31. The van der Waals surface area contributed by atoms with Gasteiger partial charge in [0.15, 0.2) is 0 Å². The van der Waals surface area contributed by atoms with Crippen LogP contribution >= 0.6 is 11.6 Å². The Kier molecular flexibility index (Phi) is 7.46. The molecule has 0 spiro atoms. The van der Waals surface area contributed by atoms with Crippen molar-refractivity contribution in [2.24, 2.45) is 0 Å². The van der Waals surface area contributed by atoms with Gasteiger partial charge in [-0.25, -0.2) is 19.2 Å². The molecule has 222 valence electrons. The number of ether oxygens (including phenoxy) is 3. The lowest BCUT2D eigenvalue weighted by molar-refractivity contribution is -0.0591. The van der Waals surface area contributed by atoms with E-state index in [2.05, 4.69) is 24.3 Å². The summed E-state index contributed by atoms with van der Waals surface area (Å²) in [4.78, 5) is 30.5. The number of anilines is 1. The van der Waals surface area contributed by atoms with Crippen LogP contribution in [0.4, 0.5) is 10.2 Å². The summed E-state index contributed by atoms with van der Waals surface area (Å²) in [5, 5.41) is 0.337. The van der Waals surface area contributed by atoms with Gasteiger partial charge >= 0.3 is 12.0 Å². The largest absolute Gasteiger partial charge is 0.465 e. The minimum atomic E-state index is -0.425. The average molecular weight is 605 g/mol. The molecule has 0 radical (unpaired) electrons. The van der Waals surface area contributed by atoms with E-state index in [9.17, 15) is 9.18 Å². The van der Waals surface area contributed by atoms with E-state index in [1.165, 1.54) is 24.3 Å². The van der Waals surface area contributed by atoms with Crippen LogP contribution in [0.3, 0.4) is 0 Å². The first-order valence-corrected chi connectivity index (χ1v) is 14.6. The van der Waals surface area contributed by atoms with Crippen molar-refractivity contribution in [1.82, 2.24) is 24.4 Å². The second kappa shape index (κ2) is 11.6. The number of hydrogen-bond donors (Lipinski definition) is 0. The van der Waals surface area contributed by atoms with Crippen molar-refractivity contribution in [2.45, 2.75) is 32.2 Å². The number of esters is 1. The first kappa shape index (κ1) is 27.8. The second-order valence-electron chi connectivity index (χ2n) is 11.0. The fourth-order valence-corrected chi connectivity index (χ4v) is 6.02. The standard InChI is InChI=1S/C31H30ClFN6O4/c1-41-30(40)19-3-5-26-27(10-19)39(16-24-7-9-42-24)29(35-26)17-37-12-21-14-38(15-22(21)13-37)28-6-8-34-31(36-28)43-18-20-2-4-23(32)11-25(20)33/h2-6,8,10-11,24H,7,9,12-18H2,1H3/t24-/m0/s1. The number of rotatable bonds is 9. The van der Waals surface area contributed by atoms with Gasteiger partial charge in [0.2, 0.25) is 0 Å². The predicted molar refractivity (Wildman–Crippen MR) is 158 cm³/mol. The third-order valence-corrected chi connectivity index (χ3v) is 8.44. The number of carbonyl (C=O) groups excluding carboxylic acids is 1. The van der Waals surface area contributed by atoms with E-state index >= 15 is 0 Å². The van der Waals surface area contributed by atoms with Crippen molar-refractivity contribution in [3.05, 3.63) is 87.6 Å². The quantitative estimate of drug-likeness (QED) is 0.203. The van der Waals surface area contributed by atoms with Gasteiger partial charge in [-0.1, -0.05) is 17.7 Å². The van der Waals surface area contributed by atoms with Crippen molar-refractivity contribution < 1.29 is 23.4 Å². The van der Waals surface area contributed by atoms with Crippen molar-refractivity contribution in [1.29, 1.82) is 0 Å². The number of methoxy groups -OCH3 is 1. The Morgan fingerprint density at radius 3 is 2.63 bits per heavy atom. The number of carbonyl (C=O) groups is 1. The van der Waals surface area contributed by atoms with Crippen molar-refractivity contribution >= 4 is 34.4 Å². The minimum Gasteiger partial charge on any atom is -0.465 e. The number of halogens is 2. The third-order valence-electron chi connectivity index (χ3n) is 8.20. The van der Waals surface area contributed by atoms with Crippen molar-refractivity contribution in [3.63, 3.8) is 0 Å². The summed E-state index contributed by atoms with van der Waals surface area (Å²) < 4.78 is 32.7. The Balaban J connectivity index is 1.01. The molecular formula is C31H30ClFN6O4. The molecule has 0 aliphatic carbocycles. The Hall–Kier alpha value is -4.06. The summed E-state index contributed by atoms with van der Waals surface area (Å²) >= 11 is 5.84. The van der Waals surface area contributed by atoms with Crippen molar-refractivity contribution in [2.75, 3.05) is 44.8 Å². The molecule has 12 heteroatoms. The molecule has 0 bridgehead atoms. The van der Waals surface area contributed by atoms with E-state index in [1.807, 2.05) is 18.2 Å². The van der Waals surface area contributed by atoms with Crippen LogP contribution in [0.2, 0.25) is 5.02 Å². The van der Waals surface area contributed by atoms with Crippen LogP contribution in [0.25, 0.3) is 11.0 Å². The summed E-state index contributed by atoms with van der Waals surface area (Å²) in [5.41, 5.74) is 5.42. The van der Waals surface area contributed by atoms with Crippen LogP contribution in [0.15, 0.2) is 59.8 Å². The molecule has 1 saturated heterocycles. The van der Waals surface area contributed by atoms with Crippen LogP contribution in [-0.4, -0.2) is 76.4 Å². The number of aromatic nitrogens is 4. The summed E-state index contributed by atoms with van der Waals surface area (Å²) in [6, 6.07) is 12.1. The topological polar surface area (TPSA) is 94.8 Å². The molecule has 1 atom stereocenters. The fraction of sp³-hybridized carbons (Fsp3) is 0.355. The minimum absolute atomic E-state index is 0.0117. The molecule has 2 aromatic carbocycles. The molecule has 2 aromatic heterocycles. The Morgan fingerprint density at radius 2 is 1.91 bits per heavy atom. The van der Waals surface area contributed by atoms with Crippen LogP contribution in [-0.2, 0) is 29.2 Å². The molecule has 0 N–H and O–H groups in total. The van der Waals surface area contributed by atoms with E-state index < -0.39 is 5.82 Å². The molecular weight excluding hydrogens is 575 g/mol. The summed E-state index contributed by atoms with van der Waals surface area (Å²) in [7, 11) is 1.39. The van der Waals surface area contributed by atoms with Crippen LogP contribution in [0.5, 0.6) is 6.01 Å². The molecule has 5 heterocycles. The number of fused-ring (bicyclic) bond motifs is 1. The van der Waals surface area contributed by atoms with E-state index in [0.717, 1.165) is 61.9 Å². The van der Waals surface area contributed by atoms with Gasteiger partial charge in [-0.15, -0.1) is 0 Å². The van der Waals surface area contributed by atoms with Crippen LogP contribution in [0, 0.1) is 5.82 Å². The number of benzene rings is 2. The molecule has 1 fully saturated rings. The molecule has 4 aromatic rings. The van der Waals surface area contributed by atoms with Gasteiger partial charge < -0.3 is 23.7 Å². The summed E-state index contributed by atoms with van der Waals surface area (Å²) in [5.74, 6) is 0.941. The van der Waals surface area contributed by atoms with E-state index in [-0.39, 0.29) is 24.7 Å². The van der Waals surface area contributed by atoms with Gasteiger partial charge in [-0.2, -0.15) is 4.98 Å². The Morgan fingerprint density at radius 1 is 1.09 bits per heavy atom. The highest BCUT2D eigenvalue weighted by molar-refractivity contribution is 6.30. The molecule has 3 aliphatic heterocycles. The maximum atomic E-state index is 14.1. The van der Waals surface area contributed by atoms with E-state index in [4.69, 9.17) is 30.8 Å².